The van der Waals surface area contributed by atoms with Gasteiger partial charge in [-0.25, -0.2) is 4.39 Å². The number of anilines is 1. The molecule has 2 rings (SSSR count). The second-order valence-electron chi connectivity index (χ2n) is 4.03. The van der Waals surface area contributed by atoms with Crippen molar-refractivity contribution in [2.75, 3.05) is 5.73 Å². The van der Waals surface area contributed by atoms with Crippen molar-refractivity contribution < 1.29 is 13.9 Å². The highest BCUT2D eigenvalue weighted by Gasteiger charge is 2.03. The number of carbonyl (C=O) groups is 1. The van der Waals surface area contributed by atoms with Crippen LogP contribution in [-0.2, 0) is 6.61 Å². The van der Waals surface area contributed by atoms with Crippen LogP contribution in [0.5, 0.6) is 5.75 Å². The number of primary amides is 1. The molecule has 0 aromatic heterocycles. The molecular formula is C14H13FN2O2. The Hall–Kier alpha value is -2.56. The zero-order valence-corrected chi connectivity index (χ0v) is 10.1. The summed E-state index contributed by atoms with van der Waals surface area (Å²) in [6.07, 6.45) is 0. The maximum absolute atomic E-state index is 12.9. The van der Waals surface area contributed by atoms with Gasteiger partial charge in [0.15, 0.2) is 0 Å². The number of rotatable bonds is 4. The number of nitrogen functional groups attached to an aromatic ring is 1. The van der Waals surface area contributed by atoms with Gasteiger partial charge in [-0.15, -0.1) is 0 Å². The summed E-state index contributed by atoms with van der Waals surface area (Å²) in [6.45, 7) is 0.273. The number of carbonyl (C=O) groups excluding carboxylic acids is 1. The average Bonchev–Trinajstić information content (AvgIpc) is 2.38. The van der Waals surface area contributed by atoms with Crippen LogP contribution >= 0.6 is 0 Å². The standard InChI is InChI=1S/C14H13FN2O2/c15-11-5-6-13(12(16)7-11)19-8-9-1-3-10(4-2-9)14(17)18/h1-7H,8,16H2,(H2,17,18). The smallest absolute Gasteiger partial charge is 0.248 e. The first kappa shape index (κ1) is 12.9. The van der Waals surface area contributed by atoms with E-state index in [1.165, 1.54) is 18.2 Å². The molecule has 2 aromatic rings. The maximum Gasteiger partial charge on any atom is 0.248 e. The van der Waals surface area contributed by atoms with E-state index in [1.807, 2.05) is 0 Å². The Balaban J connectivity index is 2.04. The number of benzene rings is 2. The van der Waals surface area contributed by atoms with Crippen molar-refractivity contribution in [2.24, 2.45) is 5.73 Å². The van der Waals surface area contributed by atoms with Gasteiger partial charge in [-0.1, -0.05) is 12.1 Å². The predicted molar refractivity (Wildman–Crippen MR) is 70.1 cm³/mol. The highest BCUT2D eigenvalue weighted by atomic mass is 19.1. The highest BCUT2D eigenvalue weighted by molar-refractivity contribution is 5.92. The Morgan fingerprint density at radius 3 is 2.42 bits per heavy atom. The van der Waals surface area contributed by atoms with Crippen LogP contribution < -0.4 is 16.2 Å². The molecule has 0 fully saturated rings. The largest absolute Gasteiger partial charge is 0.487 e. The minimum Gasteiger partial charge on any atom is -0.487 e. The molecule has 19 heavy (non-hydrogen) atoms. The number of amides is 1. The molecule has 2 aromatic carbocycles. The fraction of sp³-hybridized carbons (Fsp3) is 0.0714. The van der Waals surface area contributed by atoms with E-state index in [9.17, 15) is 9.18 Å². The van der Waals surface area contributed by atoms with Gasteiger partial charge in [0.1, 0.15) is 18.2 Å². The van der Waals surface area contributed by atoms with Crippen molar-refractivity contribution in [3.63, 3.8) is 0 Å². The van der Waals surface area contributed by atoms with Crippen molar-refractivity contribution in [2.45, 2.75) is 6.61 Å². The normalized spacial score (nSPS) is 10.2. The predicted octanol–water partition coefficient (Wildman–Crippen LogP) is 2.09. The van der Waals surface area contributed by atoms with Gasteiger partial charge < -0.3 is 16.2 Å². The quantitative estimate of drug-likeness (QED) is 0.826. The monoisotopic (exact) mass is 260 g/mol. The minimum absolute atomic E-state index is 0.244. The van der Waals surface area contributed by atoms with Crippen molar-refractivity contribution in [3.05, 3.63) is 59.4 Å². The fourth-order valence-corrected chi connectivity index (χ4v) is 1.58. The third-order valence-corrected chi connectivity index (χ3v) is 2.60. The van der Waals surface area contributed by atoms with Crippen LogP contribution in [-0.4, -0.2) is 5.91 Å². The van der Waals surface area contributed by atoms with Gasteiger partial charge >= 0.3 is 0 Å². The molecule has 5 heteroatoms. The number of ether oxygens (including phenoxy) is 1. The summed E-state index contributed by atoms with van der Waals surface area (Å²) in [6, 6.07) is 10.7. The molecule has 0 saturated carbocycles. The van der Waals surface area contributed by atoms with Crippen molar-refractivity contribution in [3.8, 4) is 5.75 Å². The first-order valence-electron chi connectivity index (χ1n) is 5.63. The molecule has 4 nitrogen and oxygen atoms in total. The number of halogens is 1. The lowest BCUT2D eigenvalue weighted by molar-refractivity contribution is 0.1000. The summed E-state index contributed by atoms with van der Waals surface area (Å²) in [5.74, 6) is -0.466. The topological polar surface area (TPSA) is 78.3 Å². The molecule has 0 aliphatic rings. The summed E-state index contributed by atoms with van der Waals surface area (Å²) >= 11 is 0. The Bertz CT molecular complexity index is 597. The molecule has 0 radical (unpaired) electrons. The summed E-state index contributed by atoms with van der Waals surface area (Å²) in [5, 5.41) is 0. The molecule has 0 heterocycles. The van der Waals surface area contributed by atoms with E-state index in [0.717, 1.165) is 5.56 Å². The van der Waals surface area contributed by atoms with Gasteiger partial charge in [0, 0.05) is 11.6 Å². The van der Waals surface area contributed by atoms with E-state index in [2.05, 4.69) is 0 Å². The highest BCUT2D eigenvalue weighted by Crippen LogP contribution is 2.22. The number of hydrogen-bond donors (Lipinski definition) is 2. The van der Waals surface area contributed by atoms with Crippen molar-refractivity contribution in [1.82, 2.24) is 0 Å². The van der Waals surface area contributed by atoms with Crippen molar-refractivity contribution in [1.29, 1.82) is 0 Å². The summed E-state index contributed by atoms with van der Waals surface area (Å²) in [4.78, 5) is 10.9. The number of nitrogens with two attached hydrogens (primary N) is 2. The lowest BCUT2D eigenvalue weighted by atomic mass is 10.1. The van der Waals surface area contributed by atoms with Gasteiger partial charge in [-0.3, -0.25) is 4.79 Å². The van der Waals surface area contributed by atoms with E-state index in [-0.39, 0.29) is 12.3 Å². The molecule has 0 aliphatic carbocycles. The van der Waals surface area contributed by atoms with E-state index in [4.69, 9.17) is 16.2 Å². The van der Waals surface area contributed by atoms with Gasteiger partial charge in [0.25, 0.3) is 0 Å². The third kappa shape index (κ3) is 3.22. The second kappa shape index (κ2) is 5.39. The molecule has 0 bridgehead atoms. The zero-order valence-electron chi connectivity index (χ0n) is 10.1. The van der Waals surface area contributed by atoms with Crippen LogP contribution in [0.25, 0.3) is 0 Å². The van der Waals surface area contributed by atoms with Crippen LogP contribution in [0.15, 0.2) is 42.5 Å². The molecule has 0 spiro atoms. The second-order valence-corrected chi connectivity index (χ2v) is 4.03. The van der Waals surface area contributed by atoms with Crippen LogP contribution in [0.2, 0.25) is 0 Å². The lowest BCUT2D eigenvalue weighted by Gasteiger charge is -2.09. The summed E-state index contributed by atoms with van der Waals surface area (Å²) in [7, 11) is 0. The fourth-order valence-electron chi connectivity index (χ4n) is 1.58. The molecule has 98 valence electrons. The Morgan fingerprint density at radius 1 is 1.16 bits per heavy atom. The van der Waals surface area contributed by atoms with Crippen LogP contribution in [0, 0.1) is 5.82 Å². The maximum atomic E-state index is 12.9. The number of hydrogen-bond acceptors (Lipinski definition) is 3. The average molecular weight is 260 g/mol. The molecule has 0 atom stereocenters. The first-order valence-corrected chi connectivity index (χ1v) is 5.63. The molecule has 4 N–H and O–H groups in total. The van der Waals surface area contributed by atoms with E-state index in [1.54, 1.807) is 24.3 Å². The van der Waals surface area contributed by atoms with Crippen LogP contribution in [0.3, 0.4) is 0 Å². The first-order chi connectivity index (χ1) is 9.06. The van der Waals surface area contributed by atoms with Gasteiger partial charge in [0.05, 0.1) is 5.69 Å². The zero-order chi connectivity index (χ0) is 13.8. The molecule has 0 aliphatic heterocycles. The Morgan fingerprint density at radius 2 is 1.84 bits per heavy atom. The van der Waals surface area contributed by atoms with Crippen LogP contribution in [0.1, 0.15) is 15.9 Å². The Labute approximate surface area is 109 Å². The SMILES string of the molecule is NC(=O)c1ccc(COc2ccc(F)cc2N)cc1. The minimum atomic E-state index is -0.477. The van der Waals surface area contributed by atoms with Gasteiger partial charge in [-0.05, 0) is 29.8 Å². The van der Waals surface area contributed by atoms with E-state index in [0.29, 0.717) is 11.3 Å². The van der Waals surface area contributed by atoms with Gasteiger partial charge in [-0.2, -0.15) is 0 Å². The molecule has 1 amide bonds. The van der Waals surface area contributed by atoms with E-state index < -0.39 is 11.7 Å². The van der Waals surface area contributed by atoms with Crippen molar-refractivity contribution >= 4 is 11.6 Å². The van der Waals surface area contributed by atoms with E-state index >= 15 is 0 Å². The van der Waals surface area contributed by atoms with Gasteiger partial charge in [0.2, 0.25) is 5.91 Å². The van der Waals surface area contributed by atoms with Crippen LogP contribution in [0.4, 0.5) is 10.1 Å². The Kier molecular flexibility index (Phi) is 3.66. The molecular weight excluding hydrogens is 247 g/mol. The summed E-state index contributed by atoms with van der Waals surface area (Å²) < 4.78 is 18.3. The molecule has 0 unspecified atom stereocenters. The summed E-state index contributed by atoms with van der Waals surface area (Å²) in [5.41, 5.74) is 12.3. The molecule has 0 saturated heterocycles. The third-order valence-electron chi connectivity index (χ3n) is 2.60. The lowest BCUT2D eigenvalue weighted by Crippen LogP contribution is -2.10.